The predicted octanol–water partition coefficient (Wildman–Crippen LogP) is 2.61. The Morgan fingerprint density at radius 1 is 1.21 bits per heavy atom. The fourth-order valence-corrected chi connectivity index (χ4v) is 3.67. The van der Waals surface area contributed by atoms with Crippen molar-refractivity contribution >= 4 is 17.7 Å². The van der Waals surface area contributed by atoms with Gasteiger partial charge in [0.1, 0.15) is 6.54 Å². The Kier molecular flexibility index (Phi) is 7.69. The number of hydrogen-bond acceptors (Lipinski definition) is 8. The first-order valence-corrected chi connectivity index (χ1v) is 11.4. The fourth-order valence-electron chi connectivity index (χ4n) is 3.55. The van der Waals surface area contributed by atoms with Gasteiger partial charge in [-0.15, -0.1) is 10.2 Å². The third kappa shape index (κ3) is 6.06. The van der Waals surface area contributed by atoms with Gasteiger partial charge in [0.25, 0.3) is 0 Å². The predicted molar refractivity (Wildman–Crippen MR) is 126 cm³/mol. The molecule has 0 saturated carbocycles. The quantitative estimate of drug-likeness (QED) is 0.306. The molecule has 1 unspecified atom stereocenters. The van der Waals surface area contributed by atoms with Crippen LogP contribution in [-0.2, 0) is 17.8 Å². The number of benzene rings is 1. The van der Waals surface area contributed by atoms with Crippen LogP contribution in [-0.4, -0.2) is 57.6 Å². The number of halogens is 5. The highest BCUT2D eigenvalue weighted by atomic mass is 35.5. The Morgan fingerprint density at radius 3 is 2.51 bits per heavy atom. The smallest absolute Gasteiger partial charge is 0.416 e. The number of pyridine rings is 1. The molecule has 3 N–H and O–H groups in total. The van der Waals surface area contributed by atoms with Crippen molar-refractivity contribution in [3.8, 4) is 17.2 Å². The molecule has 12 nitrogen and oxygen atoms in total. The second kappa shape index (κ2) is 10.8. The molecule has 0 saturated heterocycles. The van der Waals surface area contributed by atoms with Gasteiger partial charge in [-0.05, 0) is 43.3 Å². The Morgan fingerprint density at radius 2 is 1.90 bits per heavy atom. The lowest BCUT2D eigenvalue weighted by Crippen LogP contribution is -2.37. The van der Waals surface area contributed by atoms with Gasteiger partial charge in [-0.1, -0.05) is 11.6 Å². The summed E-state index contributed by atoms with van der Waals surface area (Å²) in [6.45, 7) is -0.254. The molecule has 0 aliphatic carbocycles. The molecule has 0 aliphatic rings. The van der Waals surface area contributed by atoms with Crippen LogP contribution in [0.4, 0.5) is 22.4 Å². The van der Waals surface area contributed by atoms with Crippen LogP contribution in [0.15, 0.2) is 47.4 Å². The average Bonchev–Trinajstić information content (AvgIpc) is 3.41. The van der Waals surface area contributed by atoms with E-state index >= 15 is 0 Å². The summed E-state index contributed by atoms with van der Waals surface area (Å²) in [7, 11) is 0. The maximum absolute atomic E-state index is 14.5. The largest absolute Gasteiger partial charge is 0.438 e. The molecule has 206 valence electrons. The zero-order chi connectivity index (χ0) is 28.5. The molecule has 2 atom stereocenters. The number of carbonyl (C=O) groups excluding carboxylic acids is 1. The molecule has 0 spiro atoms. The highest BCUT2D eigenvalue weighted by Gasteiger charge is 2.39. The summed E-state index contributed by atoms with van der Waals surface area (Å²) >= 11 is 5.89. The zero-order valence-electron chi connectivity index (χ0n) is 19.9. The van der Waals surface area contributed by atoms with E-state index in [-0.39, 0.29) is 28.9 Å². The summed E-state index contributed by atoms with van der Waals surface area (Å²) in [6, 6.07) is 8.19. The molecule has 3 aromatic heterocycles. The minimum atomic E-state index is -5.00. The van der Waals surface area contributed by atoms with Crippen LogP contribution < -0.4 is 11.4 Å². The first-order valence-electron chi connectivity index (χ1n) is 11.1. The lowest BCUT2D eigenvalue weighted by atomic mass is 10.2. The monoisotopic (exact) mass is 570 g/mol. The Bertz CT molecular complexity index is 1550. The van der Waals surface area contributed by atoms with E-state index in [1.165, 1.54) is 43.5 Å². The van der Waals surface area contributed by atoms with Crippen molar-refractivity contribution in [3.63, 3.8) is 0 Å². The molecule has 39 heavy (non-hydrogen) atoms. The molecule has 1 amide bonds. The number of nitrogens with two attached hydrogens (primary N) is 1. The van der Waals surface area contributed by atoms with Crippen molar-refractivity contribution in [1.29, 1.82) is 0 Å². The number of carbonyl (C=O) groups is 1. The van der Waals surface area contributed by atoms with Crippen molar-refractivity contribution in [3.05, 3.63) is 75.6 Å². The highest BCUT2D eigenvalue weighted by Crippen LogP contribution is 2.25. The highest BCUT2D eigenvalue weighted by molar-refractivity contribution is 6.30. The summed E-state index contributed by atoms with van der Waals surface area (Å²) in [6.07, 6.45) is -8.87. The topological polar surface area (TPSA) is 156 Å². The lowest BCUT2D eigenvalue weighted by molar-refractivity contribution is -0.207. The van der Waals surface area contributed by atoms with Crippen molar-refractivity contribution in [1.82, 2.24) is 34.1 Å². The maximum atomic E-state index is 14.5. The number of rotatable bonds is 8. The number of hydrogen-bond donors (Lipinski definition) is 2. The molecule has 4 aromatic rings. The van der Waals surface area contributed by atoms with Crippen LogP contribution in [0.2, 0.25) is 5.02 Å². The molecule has 0 fully saturated rings. The van der Waals surface area contributed by atoms with Gasteiger partial charge >= 0.3 is 18.0 Å². The first kappa shape index (κ1) is 27.7. The molecule has 4 rings (SSSR count). The summed E-state index contributed by atoms with van der Waals surface area (Å²) in [5.41, 5.74) is 4.30. The van der Waals surface area contributed by atoms with Crippen molar-refractivity contribution < 1.29 is 32.2 Å². The number of aliphatic hydroxyl groups excluding tert-OH is 1. The molecule has 17 heteroatoms. The van der Waals surface area contributed by atoms with Crippen LogP contribution in [0.3, 0.4) is 0 Å². The third-order valence-corrected chi connectivity index (χ3v) is 5.57. The summed E-state index contributed by atoms with van der Waals surface area (Å²) in [4.78, 5) is 32.5. The van der Waals surface area contributed by atoms with Gasteiger partial charge in [-0.3, -0.25) is 4.57 Å². The van der Waals surface area contributed by atoms with E-state index in [0.717, 1.165) is 15.4 Å². The number of primary amides is 1. The zero-order valence-corrected chi connectivity index (χ0v) is 20.6. The van der Waals surface area contributed by atoms with Crippen molar-refractivity contribution in [2.75, 3.05) is 0 Å². The minimum absolute atomic E-state index is 0.112. The van der Waals surface area contributed by atoms with Crippen LogP contribution in [0.5, 0.6) is 0 Å². The molecule has 1 aromatic carbocycles. The van der Waals surface area contributed by atoms with Gasteiger partial charge in [-0.2, -0.15) is 17.9 Å². The standard InChI is InChI=1S/C22H19ClF4N8O4/c1-11(39-20(28)37)17-30-16(31-35(17)19-14(24)3-2-8-29-19)10-34-21(38)33(9-15(36)22(25,26)27)18(32-34)12-4-6-13(23)7-5-12/h2-8,11,15,36H,9-10H2,1H3,(H2,28,37)/t11?,15-/m0/s1. The SMILES string of the molecule is CC(OC(N)=O)c1nc(Cn2nc(-c3ccc(Cl)cc3)n(C[C@H](O)C(F)(F)F)c2=O)nn1-c1ncccc1F. The second-order valence-corrected chi connectivity index (χ2v) is 8.56. The molecule has 3 heterocycles. The van der Waals surface area contributed by atoms with Gasteiger partial charge in [0.15, 0.2) is 41.3 Å². The lowest BCUT2D eigenvalue weighted by Gasteiger charge is -2.15. The van der Waals surface area contributed by atoms with Crippen molar-refractivity contribution in [2.24, 2.45) is 5.73 Å². The Hall–Kier alpha value is -4.31. The van der Waals surface area contributed by atoms with Gasteiger partial charge in [-0.25, -0.2) is 28.6 Å². The summed E-state index contributed by atoms with van der Waals surface area (Å²) in [5.74, 6) is -1.56. The number of aromatic nitrogens is 7. The van der Waals surface area contributed by atoms with Gasteiger partial charge < -0.3 is 15.6 Å². The number of nitrogens with zero attached hydrogens (tertiary/aromatic N) is 7. The maximum Gasteiger partial charge on any atom is 0.416 e. The van der Waals surface area contributed by atoms with Gasteiger partial charge in [0.2, 0.25) is 0 Å². The van der Waals surface area contributed by atoms with Crippen LogP contribution in [0.25, 0.3) is 17.2 Å². The van der Waals surface area contributed by atoms with Crippen LogP contribution in [0, 0.1) is 5.82 Å². The van der Waals surface area contributed by atoms with Crippen LogP contribution in [0.1, 0.15) is 24.7 Å². The van der Waals surface area contributed by atoms with Gasteiger partial charge in [0, 0.05) is 16.8 Å². The van der Waals surface area contributed by atoms with Crippen molar-refractivity contribution in [2.45, 2.75) is 38.4 Å². The van der Waals surface area contributed by atoms with Gasteiger partial charge in [0.05, 0.1) is 6.54 Å². The third-order valence-electron chi connectivity index (χ3n) is 5.32. The first-order chi connectivity index (χ1) is 18.3. The fraction of sp³-hybridized carbons (Fsp3) is 0.273. The Labute approximate surface area is 221 Å². The van der Waals surface area contributed by atoms with Crippen LogP contribution >= 0.6 is 11.6 Å². The summed E-state index contributed by atoms with van der Waals surface area (Å²) in [5, 5.41) is 18.2. The van der Waals surface area contributed by atoms with E-state index < -0.39 is 49.1 Å². The average molecular weight is 571 g/mol. The van der Waals surface area contributed by atoms with E-state index in [1.54, 1.807) is 0 Å². The number of aliphatic hydroxyl groups is 1. The molecule has 0 bridgehead atoms. The Balaban J connectivity index is 1.79. The molecule has 0 aliphatic heterocycles. The normalized spacial score (nSPS) is 13.3. The second-order valence-electron chi connectivity index (χ2n) is 8.12. The van der Waals surface area contributed by atoms with E-state index in [9.17, 15) is 32.3 Å². The number of ether oxygens (including phenoxy) is 1. The summed E-state index contributed by atoms with van der Waals surface area (Å²) < 4.78 is 61.1. The van der Waals surface area contributed by atoms with E-state index in [2.05, 4.69) is 20.2 Å². The van der Waals surface area contributed by atoms with E-state index in [0.29, 0.717) is 9.59 Å². The minimum Gasteiger partial charge on any atom is -0.438 e. The molecule has 0 radical (unpaired) electrons. The molecular weight excluding hydrogens is 552 g/mol. The number of amides is 1. The molecular formula is C22H19ClF4N8O4. The van der Waals surface area contributed by atoms with E-state index in [4.69, 9.17) is 22.1 Å². The van der Waals surface area contributed by atoms with E-state index in [1.807, 2.05) is 0 Å². The number of alkyl halides is 3.